The van der Waals surface area contributed by atoms with Crippen LogP contribution in [0, 0.1) is 5.82 Å². The smallest absolute Gasteiger partial charge is 0.166 e. The van der Waals surface area contributed by atoms with Gasteiger partial charge in [0.2, 0.25) is 0 Å². The van der Waals surface area contributed by atoms with Crippen LogP contribution in [-0.4, -0.2) is 28.7 Å². The third-order valence-corrected chi connectivity index (χ3v) is 6.91. The minimum atomic E-state index is -0.662. The lowest BCUT2D eigenvalue weighted by Gasteiger charge is -2.38. The van der Waals surface area contributed by atoms with Gasteiger partial charge in [-0.2, -0.15) is 0 Å². The molecule has 2 aliphatic rings. The summed E-state index contributed by atoms with van der Waals surface area (Å²) in [5.74, 6) is 0.678. The monoisotopic (exact) mass is 500 g/mol. The van der Waals surface area contributed by atoms with Crippen LogP contribution >= 0.6 is 23.2 Å². The summed E-state index contributed by atoms with van der Waals surface area (Å²) in [7, 11) is 0. The van der Waals surface area contributed by atoms with Gasteiger partial charge in [0, 0.05) is 46.9 Å². The van der Waals surface area contributed by atoms with Gasteiger partial charge in [-0.05, 0) is 56.4 Å². The van der Waals surface area contributed by atoms with Crippen molar-refractivity contribution in [2.24, 2.45) is 0 Å². The highest BCUT2D eigenvalue weighted by Gasteiger charge is 2.34. The first kappa shape index (κ1) is 22.9. The maximum Gasteiger partial charge on any atom is 0.166 e. The number of fused-ring (bicyclic) bond motifs is 1. The third kappa shape index (κ3) is 4.31. The number of hydrogen-bond donors (Lipinski definition) is 2. The van der Waals surface area contributed by atoms with Gasteiger partial charge in [-0.3, -0.25) is 4.98 Å². The highest BCUT2D eigenvalue weighted by Crippen LogP contribution is 2.39. The molecule has 1 aromatic carbocycles. The van der Waals surface area contributed by atoms with Gasteiger partial charge in [-0.1, -0.05) is 23.2 Å². The van der Waals surface area contributed by atoms with Crippen LogP contribution in [0.4, 0.5) is 10.2 Å². The second-order valence-corrected chi connectivity index (χ2v) is 9.27. The van der Waals surface area contributed by atoms with Crippen molar-refractivity contribution in [1.29, 1.82) is 0 Å². The fourth-order valence-electron chi connectivity index (χ4n) is 4.29. The lowest BCUT2D eigenvalue weighted by Crippen LogP contribution is -2.45. The first-order valence-electron chi connectivity index (χ1n) is 11.0. The molecule has 0 saturated carbocycles. The maximum absolute atomic E-state index is 14.0. The fourth-order valence-corrected chi connectivity index (χ4v) is 4.97. The summed E-state index contributed by atoms with van der Waals surface area (Å²) in [5.41, 5.74) is 8.47. The Bertz CT molecular complexity index is 1280. The number of nitrogens with one attached hydrogen (secondary N) is 1. The van der Waals surface area contributed by atoms with Crippen LogP contribution in [0.1, 0.15) is 37.1 Å². The molecule has 0 amide bonds. The molecule has 1 spiro atoms. The third-order valence-electron chi connectivity index (χ3n) is 6.19. The summed E-state index contributed by atoms with van der Waals surface area (Å²) >= 11 is 12.4. The molecule has 4 heterocycles. The number of ether oxygens (including phenoxy) is 2. The Labute approximate surface area is 206 Å². The van der Waals surface area contributed by atoms with E-state index in [1.807, 2.05) is 12.1 Å². The van der Waals surface area contributed by atoms with Crippen molar-refractivity contribution in [3.8, 4) is 22.6 Å². The summed E-state index contributed by atoms with van der Waals surface area (Å²) < 4.78 is 26.4. The fraction of sp³-hybridized carbons (Fsp3) is 0.280. The Hall–Kier alpha value is -2.87. The molecule has 3 N–H and O–H groups in total. The van der Waals surface area contributed by atoms with Crippen LogP contribution < -0.4 is 20.5 Å². The van der Waals surface area contributed by atoms with E-state index in [0.717, 1.165) is 48.5 Å². The average Bonchev–Trinajstić information content (AvgIpc) is 2.83. The maximum atomic E-state index is 14.0. The van der Waals surface area contributed by atoms with E-state index in [4.69, 9.17) is 38.4 Å². The summed E-state index contributed by atoms with van der Waals surface area (Å²) in [5, 5.41) is 3.58. The number of anilines is 1. The number of aromatic nitrogens is 2. The second-order valence-electron chi connectivity index (χ2n) is 8.48. The molecule has 2 aromatic heterocycles. The van der Waals surface area contributed by atoms with Crippen molar-refractivity contribution < 1.29 is 13.9 Å². The number of halogens is 3. The number of pyridine rings is 2. The van der Waals surface area contributed by atoms with Gasteiger partial charge in [0.1, 0.15) is 29.0 Å². The van der Waals surface area contributed by atoms with E-state index in [0.29, 0.717) is 16.3 Å². The van der Waals surface area contributed by atoms with E-state index in [1.165, 1.54) is 12.1 Å². The Kier molecular flexibility index (Phi) is 6.10. The summed E-state index contributed by atoms with van der Waals surface area (Å²) in [4.78, 5) is 8.85. The highest BCUT2D eigenvalue weighted by molar-refractivity contribution is 6.36. The number of piperidine rings is 1. The molecule has 0 unspecified atom stereocenters. The minimum Gasteiger partial charge on any atom is -0.482 e. The molecule has 2 aliphatic heterocycles. The van der Waals surface area contributed by atoms with Crippen molar-refractivity contribution >= 4 is 35.1 Å². The van der Waals surface area contributed by atoms with E-state index >= 15 is 0 Å². The Morgan fingerprint density at radius 1 is 1.15 bits per heavy atom. The first-order chi connectivity index (χ1) is 16.3. The lowest BCUT2D eigenvalue weighted by molar-refractivity contribution is 0.0817. The van der Waals surface area contributed by atoms with Gasteiger partial charge >= 0.3 is 0 Å². The number of rotatable bonds is 4. The molecule has 6 nitrogen and oxygen atoms in total. The second kappa shape index (κ2) is 9.06. The van der Waals surface area contributed by atoms with Gasteiger partial charge in [-0.15, -0.1) is 0 Å². The molecule has 5 rings (SSSR count). The van der Waals surface area contributed by atoms with Crippen LogP contribution in [0.3, 0.4) is 0 Å². The molecule has 176 valence electrons. The Balaban J connectivity index is 1.43. The van der Waals surface area contributed by atoms with Gasteiger partial charge < -0.3 is 20.5 Å². The molecule has 0 bridgehead atoms. The first-order valence-corrected chi connectivity index (χ1v) is 11.8. The van der Waals surface area contributed by atoms with Gasteiger partial charge in [0.15, 0.2) is 11.6 Å². The van der Waals surface area contributed by atoms with Crippen molar-refractivity contribution in [3.05, 3.63) is 69.9 Å². The van der Waals surface area contributed by atoms with Crippen molar-refractivity contribution in [3.63, 3.8) is 0 Å². The molecular formula is C25H23Cl2FN4O2. The summed E-state index contributed by atoms with van der Waals surface area (Å²) in [6.07, 6.45) is 8.69. The van der Waals surface area contributed by atoms with Crippen LogP contribution in [-0.2, 0) is 0 Å². The quantitative estimate of drug-likeness (QED) is 0.438. The molecule has 3 aromatic rings. The van der Waals surface area contributed by atoms with E-state index in [2.05, 4.69) is 21.4 Å². The van der Waals surface area contributed by atoms with Crippen LogP contribution in [0.5, 0.6) is 11.5 Å². The van der Waals surface area contributed by atoms with Crippen LogP contribution in [0.15, 0.2) is 42.7 Å². The Morgan fingerprint density at radius 3 is 2.68 bits per heavy atom. The van der Waals surface area contributed by atoms with Gasteiger partial charge in [0.05, 0.1) is 5.02 Å². The molecule has 0 aliphatic carbocycles. The van der Waals surface area contributed by atoms with E-state index < -0.39 is 11.9 Å². The predicted molar refractivity (Wildman–Crippen MR) is 132 cm³/mol. The summed E-state index contributed by atoms with van der Waals surface area (Å²) in [6.45, 7) is 3.54. The largest absolute Gasteiger partial charge is 0.482 e. The standard InChI is InChI=1S/C25H23Cl2FN4O2/c1-14(22-17(26)2-3-18(28)23(22)27)33-21-11-16(13-32-24(21)29)15-10-20-19(31-12-15)4-5-25(34-20)6-8-30-9-7-25/h2-5,10-14,30H,6-9H2,1H3,(H2,29,32)/t14-/m1/s1. The van der Waals surface area contributed by atoms with E-state index in [9.17, 15) is 4.39 Å². The number of benzene rings is 1. The predicted octanol–water partition coefficient (Wildman–Crippen LogP) is 5.84. The van der Waals surface area contributed by atoms with Gasteiger partial charge in [0.25, 0.3) is 0 Å². The molecule has 0 radical (unpaired) electrons. The van der Waals surface area contributed by atoms with E-state index in [-0.39, 0.29) is 16.4 Å². The number of nitrogens with two attached hydrogens (primary N) is 1. The molecule has 1 fully saturated rings. The molecule has 1 atom stereocenters. The van der Waals surface area contributed by atoms with E-state index in [1.54, 1.807) is 25.4 Å². The average molecular weight is 501 g/mol. The zero-order valence-corrected chi connectivity index (χ0v) is 20.0. The Morgan fingerprint density at radius 2 is 1.88 bits per heavy atom. The van der Waals surface area contributed by atoms with Crippen LogP contribution in [0.2, 0.25) is 10.0 Å². The normalized spacial score (nSPS) is 17.2. The zero-order valence-electron chi connectivity index (χ0n) is 18.4. The topological polar surface area (TPSA) is 82.3 Å². The summed E-state index contributed by atoms with van der Waals surface area (Å²) in [6, 6.07) is 6.38. The zero-order chi connectivity index (χ0) is 23.9. The van der Waals surface area contributed by atoms with Crippen molar-refractivity contribution in [1.82, 2.24) is 15.3 Å². The van der Waals surface area contributed by atoms with Gasteiger partial charge in [-0.25, -0.2) is 9.37 Å². The molecule has 1 saturated heterocycles. The molecule has 9 heteroatoms. The number of nitrogen functional groups attached to an aromatic ring is 1. The lowest BCUT2D eigenvalue weighted by atomic mass is 9.89. The number of nitrogens with zero attached hydrogens (tertiary/aromatic N) is 2. The van der Waals surface area contributed by atoms with Crippen molar-refractivity contribution in [2.45, 2.75) is 31.5 Å². The van der Waals surface area contributed by atoms with Crippen LogP contribution in [0.25, 0.3) is 17.2 Å². The van der Waals surface area contributed by atoms with Crippen molar-refractivity contribution in [2.75, 3.05) is 18.8 Å². The SMILES string of the molecule is C[C@@H](Oc1cc(-c2cnc3c(c2)OC2(C=C3)CCNCC2)cnc1N)c1c(Cl)ccc(F)c1Cl. The highest BCUT2D eigenvalue weighted by atomic mass is 35.5. The number of hydrogen-bond acceptors (Lipinski definition) is 6. The molecule has 34 heavy (non-hydrogen) atoms. The molecular weight excluding hydrogens is 478 g/mol. The minimum absolute atomic E-state index is 0.0846.